The van der Waals surface area contributed by atoms with E-state index in [2.05, 4.69) is 6.92 Å². The Morgan fingerprint density at radius 1 is 1.50 bits per heavy atom. The van der Waals surface area contributed by atoms with Crippen LogP contribution in [0.4, 0.5) is 0 Å². The molecule has 88 valence electrons. The number of amides is 1. The molecule has 0 aliphatic rings. The molecule has 0 heterocycles. The summed E-state index contributed by atoms with van der Waals surface area (Å²) in [6.45, 7) is 4.12. The van der Waals surface area contributed by atoms with Gasteiger partial charge in [0.1, 0.15) is 0 Å². The van der Waals surface area contributed by atoms with Crippen molar-refractivity contribution in [3.05, 3.63) is 35.4 Å². The maximum Gasteiger partial charge on any atom is 0.253 e. The number of rotatable bonds is 4. The van der Waals surface area contributed by atoms with Gasteiger partial charge in [-0.2, -0.15) is 0 Å². The van der Waals surface area contributed by atoms with Crippen molar-refractivity contribution in [1.82, 2.24) is 4.90 Å². The van der Waals surface area contributed by atoms with Crippen molar-refractivity contribution in [2.24, 2.45) is 0 Å². The van der Waals surface area contributed by atoms with E-state index in [-0.39, 0.29) is 11.9 Å². The normalized spacial score (nSPS) is 12.2. The molecule has 0 aliphatic heterocycles. The quantitative estimate of drug-likeness (QED) is 0.739. The second-order valence-corrected chi connectivity index (χ2v) is 4.27. The molecule has 0 radical (unpaired) electrons. The number of alkyl halides is 1. The van der Waals surface area contributed by atoms with Crippen LogP contribution in [0.3, 0.4) is 0 Å². The van der Waals surface area contributed by atoms with E-state index in [1.165, 1.54) is 0 Å². The monoisotopic (exact) mass is 239 g/mol. The highest BCUT2D eigenvalue weighted by Crippen LogP contribution is 2.12. The summed E-state index contributed by atoms with van der Waals surface area (Å²) < 4.78 is 0. The van der Waals surface area contributed by atoms with Crippen LogP contribution in [0.15, 0.2) is 24.3 Å². The van der Waals surface area contributed by atoms with Crippen LogP contribution in [0.1, 0.15) is 36.2 Å². The van der Waals surface area contributed by atoms with E-state index in [1.807, 2.05) is 38.2 Å². The van der Waals surface area contributed by atoms with Crippen LogP contribution in [0.5, 0.6) is 0 Å². The van der Waals surface area contributed by atoms with Crippen LogP contribution in [-0.2, 0) is 5.88 Å². The van der Waals surface area contributed by atoms with Crippen molar-refractivity contribution < 1.29 is 4.79 Å². The molecule has 1 rings (SSSR count). The Kier molecular flexibility index (Phi) is 4.81. The van der Waals surface area contributed by atoms with Gasteiger partial charge in [0.15, 0.2) is 0 Å². The van der Waals surface area contributed by atoms with Crippen LogP contribution in [0.2, 0.25) is 0 Å². The van der Waals surface area contributed by atoms with Crippen LogP contribution in [0.25, 0.3) is 0 Å². The van der Waals surface area contributed by atoms with Crippen LogP contribution in [0, 0.1) is 0 Å². The van der Waals surface area contributed by atoms with E-state index in [9.17, 15) is 4.79 Å². The molecule has 3 heteroatoms. The Labute approximate surface area is 102 Å². The molecule has 0 saturated heterocycles. The lowest BCUT2D eigenvalue weighted by Crippen LogP contribution is -2.34. The van der Waals surface area contributed by atoms with Gasteiger partial charge in [-0.25, -0.2) is 0 Å². The summed E-state index contributed by atoms with van der Waals surface area (Å²) in [5.41, 5.74) is 1.69. The molecule has 1 aromatic carbocycles. The predicted molar refractivity (Wildman–Crippen MR) is 67.8 cm³/mol. The summed E-state index contributed by atoms with van der Waals surface area (Å²) in [6.07, 6.45) is 0.956. The van der Waals surface area contributed by atoms with Gasteiger partial charge < -0.3 is 4.90 Å². The smallest absolute Gasteiger partial charge is 0.253 e. The SMILES string of the molecule is CCC(C)N(C)C(=O)c1cccc(CCl)c1. The Morgan fingerprint density at radius 3 is 2.75 bits per heavy atom. The van der Waals surface area contributed by atoms with E-state index in [0.717, 1.165) is 12.0 Å². The third kappa shape index (κ3) is 2.99. The highest BCUT2D eigenvalue weighted by molar-refractivity contribution is 6.17. The van der Waals surface area contributed by atoms with Crippen LogP contribution in [-0.4, -0.2) is 23.9 Å². The van der Waals surface area contributed by atoms with Crippen molar-refractivity contribution in [3.8, 4) is 0 Å². The molecular formula is C13H18ClNO. The van der Waals surface area contributed by atoms with Crippen molar-refractivity contribution in [2.75, 3.05) is 7.05 Å². The molecule has 0 fully saturated rings. The maximum absolute atomic E-state index is 12.1. The average molecular weight is 240 g/mol. The summed E-state index contributed by atoms with van der Waals surface area (Å²) in [5, 5.41) is 0. The molecule has 1 amide bonds. The van der Waals surface area contributed by atoms with E-state index in [0.29, 0.717) is 11.4 Å². The van der Waals surface area contributed by atoms with Crippen LogP contribution >= 0.6 is 11.6 Å². The van der Waals surface area contributed by atoms with Gasteiger partial charge in [0.2, 0.25) is 0 Å². The fourth-order valence-electron chi connectivity index (χ4n) is 1.47. The van der Waals surface area contributed by atoms with Gasteiger partial charge in [-0.15, -0.1) is 11.6 Å². The Balaban J connectivity index is 2.87. The first kappa shape index (κ1) is 13.0. The van der Waals surface area contributed by atoms with Gasteiger partial charge >= 0.3 is 0 Å². The minimum Gasteiger partial charge on any atom is -0.339 e. The van der Waals surface area contributed by atoms with Crippen molar-refractivity contribution in [3.63, 3.8) is 0 Å². The topological polar surface area (TPSA) is 20.3 Å². The molecule has 0 saturated carbocycles. The Hall–Kier alpha value is -1.02. The molecule has 16 heavy (non-hydrogen) atoms. The van der Waals surface area contributed by atoms with Crippen molar-refractivity contribution in [2.45, 2.75) is 32.2 Å². The number of carbonyl (C=O) groups is 1. The van der Waals surface area contributed by atoms with Gasteiger partial charge in [0.05, 0.1) is 0 Å². The lowest BCUT2D eigenvalue weighted by molar-refractivity contribution is 0.0740. The average Bonchev–Trinajstić information content (AvgIpc) is 2.36. The summed E-state index contributed by atoms with van der Waals surface area (Å²) >= 11 is 5.75. The van der Waals surface area contributed by atoms with Gasteiger partial charge in [0.25, 0.3) is 5.91 Å². The van der Waals surface area contributed by atoms with Gasteiger partial charge in [-0.05, 0) is 31.0 Å². The summed E-state index contributed by atoms with van der Waals surface area (Å²) in [6, 6.07) is 7.74. The standard InChI is InChI=1S/C13H18ClNO/c1-4-10(2)15(3)13(16)12-7-5-6-11(8-12)9-14/h5-8,10H,4,9H2,1-3H3. The van der Waals surface area contributed by atoms with Crippen molar-refractivity contribution >= 4 is 17.5 Å². The number of hydrogen-bond donors (Lipinski definition) is 0. The summed E-state index contributed by atoms with van der Waals surface area (Å²) in [5.74, 6) is 0.495. The highest BCUT2D eigenvalue weighted by Gasteiger charge is 2.15. The first-order chi connectivity index (χ1) is 7.60. The Morgan fingerprint density at radius 2 is 2.19 bits per heavy atom. The van der Waals surface area contributed by atoms with Gasteiger partial charge in [-0.1, -0.05) is 19.1 Å². The zero-order valence-corrected chi connectivity index (χ0v) is 10.8. The predicted octanol–water partition coefficient (Wildman–Crippen LogP) is 3.30. The fraction of sp³-hybridized carbons (Fsp3) is 0.462. The molecule has 0 bridgehead atoms. The maximum atomic E-state index is 12.1. The van der Waals surface area contributed by atoms with Crippen LogP contribution < -0.4 is 0 Å². The third-order valence-corrected chi connectivity index (χ3v) is 3.21. The number of nitrogens with zero attached hydrogens (tertiary/aromatic N) is 1. The van der Waals surface area contributed by atoms with Gasteiger partial charge in [0, 0.05) is 24.5 Å². The zero-order valence-electron chi connectivity index (χ0n) is 10.0. The molecule has 0 aromatic heterocycles. The van der Waals surface area contributed by atoms with Gasteiger partial charge in [-0.3, -0.25) is 4.79 Å². The summed E-state index contributed by atoms with van der Waals surface area (Å²) in [4.78, 5) is 13.9. The lowest BCUT2D eigenvalue weighted by Gasteiger charge is -2.24. The molecule has 1 atom stereocenters. The number of hydrogen-bond acceptors (Lipinski definition) is 1. The molecule has 2 nitrogen and oxygen atoms in total. The van der Waals surface area contributed by atoms with E-state index in [4.69, 9.17) is 11.6 Å². The number of carbonyl (C=O) groups excluding carboxylic acids is 1. The first-order valence-electron chi connectivity index (χ1n) is 5.52. The molecule has 0 aliphatic carbocycles. The molecular weight excluding hydrogens is 222 g/mol. The molecule has 0 N–H and O–H groups in total. The van der Waals surface area contributed by atoms with Crippen molar-refractivity contribution in [1.29, 1.82) is 0 Å². The summed E-state index contributed by atoms with van der Waals surface area (Å²) in [7, 11) is 1.84. The lowest BCUT2D eigenvalue weighted by atomic mass is 10.1. The van der Waals surface area contributed by atoms with E-state index < -0.39 is 0 Å². The molecule has 1 aromatic rings. The first-order valence-corrected chi connectivity index (χ1v) is 6.05. The second-order valence-electron chi connectivity index (χ2n) is 4.01. The number of benzene rings is 1. The fourth-order valence-corrected chi connectivity index (χ4v) is 1.63. The largest absolute Gasteiger partial charge is 0.339 e. The third-order valence-electron chi connectivity index (χ3n) is 2.90. The number of halogens is 1. The zero-order chi connectivity index (χ0) is 12.1. The molecule has 1 unspecified atom stereocenters. The van der Waals surface area contributed by atoms with E-state index >= 15 is 0 Å². The second kappa shape index (κ2) is 5.90. The van der Waals surface area contributed by atoms with E-state index in [1.54, 1.807) is 4.90 Å². The highest BCUT2D eigenvalue weighted by atomic mass is 35.5. The minimum absolute atomic E-state index is 0.0568. The minimum atomic E-state index is 0.0568. The Bertz CT molecular complexity index is 365. The molecule has 0 spiro atoms.